The highest BCUT2D eigenvalue weighted by Crippen LogP contribution is 2.66. The predicted molar refractivity (Wildman–Crippen MR) is 285 cm³/mol. The van der Waals surface area contributed by atoms with Gasteiger partial charge in [0.1, 0.15) is 0 Å². The first-order valence-corrected chi connectivity index (χ1v) is 24.2. The van der Waals surface area contributed by atoms with E-state index in [0.29, 0.717) is 0 Å². The molecule has 0 heterocycles. The number of hydrogen-bond donors (Lipinski definition) is 0. The molecule has 1 heteroatoms. The van der Waals surface area contributed by atoms with Crippen molar-refractivity contribution in [2.24, 2.45) is 0 Å². The monoisotopic (exact) mass is 873 g/mol. The molecule has 0 amide bonds. The first kappa shape index (κ1) is 38.3. The Kier molecular flexibility index (Phi) is 7.98. The Hall–Kier alpha value is -8.78. The Bertz CT molecular complexity index is 3790. The molecule has 4 aliphatic carbocycles. The van der Waals surface area contributed by atoms with Gasteiger partial charge in [-0.25, -0.2) is 0 Å². The quantitative estimate of drug-likeness (QED) is 0.167. The summed E-state index contributed by atoms with van der Waals surface area (Å²) in [5, 5.41) is 0. The van der Waals surface area contributed by atoms with E-state index >= 15 is 0 Å². The van der Waals surface area contributed by atoms with Crippen LogP contribution in [0.4, 0.5) is 17.1 Å². The minimum atomic E-state index is -0.504. The summed E-state index contributed by atoms with van der Waals surface area (Å²) in [5.74, 6) is 0. The number of fused-ring (bicyclic) bond motifs is 20. The molecule has 0 saturated heterocycles. The topological polar surface area (TPSA) is 3.24 Å². The highest BCUT2D eigenvalue weighted by molar-refractivity contribution is 6.00. The van der Waals surface area contributed by atoms with E-state index < -0.39 is 5.41 Å². The van der Waals surface area contributed by atoms with Crippen LogP contribution in [0.5, 0.6) is 0 Å². The van der Waals surface area contributed by atoms with E-state index in [1.807, 2.05) is 0 Å². The van der Waals surface area contributed by atoms with Gasteiger partial charge in [0.2, 0.25) is 0 Å². The van der Waals surface area contributed by atoms with Crippen molar-refractivity contribution in [2.75, 3.05) is 4.90 Å². The Morgan fingerprint density at radius 1 is 0.217 bits per heavy atom. The van der Waals surface area contributed by atoms with Crippen molar-refractivity contribution in [3.63, 3.8) is 0 Å². The van der Waals surface area contributed by atoms with E-state index in [1.54, 1.807) is 0 Å². The first-order valence-electron chi connectivity index (χ1n) is 24.2. The normalized spacial score (nSPS) is 14.0. The molecule has 0 unspecified atom stereocenters. The molecular weight excluding hydrogens is 831 g/mol. The van der Waals surface area contributed by atoms with Gasteiger partial charge in [-0.3, -0.25) is 0 Å². The molecule has 4 aliphatic rings. The van der Waals surface area contributed by atoms with Crippen LogP contribution in [0, 0.1) is 0 Å². The second-order valence-corrected chi connectivity index (χ2v) is 19.0. The van der Waals surface area contributed by atoms with Crippen LogP contribution in [0.15, 0.2) is 261 Å². The standard InChI is InChI=1S/C68H43N/c1-2-17-44(18-3-1)45-33-38-48(39-34-45)69(65-32-16-25-56-54-23-8-15-31-63(54)68(66(56)65)61-29-13-6-21-52(61)53-22-7-14-30-62(53)68)49-40-35-46(36-41-49)47-37-42-64-57(43-47)55-24-9-12-28-60(55)67(64)58-26-10-4-19-50(58)51-20-5-11-27-59(51)67/h1-43H. The lowest BCUT2D eigenvalue weighted by Gasteiger charge is -2.36. The maximum Gasteiger partial charge on any atom is 0.0746 e. The average molecular weight is 874 g/mol. The van der Waals surface area contributed by atoms with E-state index in [1.165, 1.54) is 117 Å². The molecular formula is C68H43N. The summed E-state index contributed by atoms with van der Waals surface area (Å²) in [4.78, 5) is 2.51. The Balaban J connectivity index is 0.912. The van der Waals surface area contributed by atoms with Gasteiger partial charge < -0.3 is 4.90 Å². The van der Waals surface area contributed by atoms with Gasteiger partial charge in [0.15, 0.2) is 0 Å². The molecule has 0 N–H and O–H groups in total. The van der Waals surface area contributed by atoms with E-state index in [0.717, 1.165) is 11.4 Å². The predicted octanol–water partition coefficient (Wildman–Crippen LogP) is 17.2. The zero-order valence-electron chi connectivity index (χ0n) is 37.8. The van der Waals surface area contributed by atoms with Gasteiger partial charge in [-0.15, -0.1) is 0 Å². The molecule has 69 heavy (non-hydrogen) atoms. The number of nitrogens with zero attached hydrogens (tertiary/aromatic N) is 1. The van der Waals surface area contributed by atoms with Crippen LogP contribution in [0.2, 0.25) is 0 Å². The zero-order valence-corrected chi connectivity index (χ0v) is 37.8. The van der Waals surface area contributed by atoms with Crippen LogP contribution in [0.1, 0.15) is 44.5 Å². The highest BCUT2D eigenvalue weighted by Gasteiger charge is 2.54. The first-order chi connectivity index (χ1) is 34.2. The average Bonchev–Trinajstić information content (AvgIpc) is 4.11. The summed E-state index contributed by atoms with van der Waals surface area (Å²) < 4.78 is 0. The van der Waals surface area contributed by atoms with Gasteiger partial charge in [0.25, 0.3) is 0 Å². The van der Waals surface area contributed by atoms with Gasteiger partial charge >= 0.3 is 0 Å². The van der Waals surface area contributed by atoms with Gasteiger partial charge in [-0.05, 0) is 142 Å². The number of benzene rings is 11. The Labute approximate surface area is 402 Å². The molecule has 0 fully saturated rings. The minimum Gasteiger partial charge on any atom is -0.310 e. The van der Waals surface area contributed by atoms with Crippen LogP contribution < -0.4 is 4.90 Å². The summed E-state index contributed by atoms with van der Waals surface area (Å²) in [6.45, 7) is 0. The molecule has 11 aromatic carbocycles. The highest BCUT2D eigenvalue weighted by atomic mass is 15.1. The maximum absolute atomic E-state index is 2.51. The number of hydrogen-bond acceptors (Lipinski definition) is 1. The summed E-state index contributed by atoms with van der Waals surface area (Å²) in [7, 11) is 0. The van der Waals surface area contributed by atoms with Crippen LogP contribution >= 0.6 is 0 Å². The molecule has 0 saturated carbocycles. The van der Waals surface area contributed by atoms with Crippen LogP contribution in [-0.4, -0.2) is 0 Å². The van der Waals surface area contributed by atoms with Crippen LogP contribution in [0.3, 0.4) is 0 Å². The van der Waals surface area contributed by atoms with Crippen molar-refractivity contribution in [3.8, 4) is 66.8 Å². The molecule has 320 valence electrons. The fourth-order valence-electron chi connectivity index (χ4n) is 13.3. The lowest BCUT2D eigenvalue weighted by Crippen LogP contribution is -2.28. The summed E-state index contributed by atoms with van der Waals surface area (Å²) in [6.07, 6.45) is 0. The molecule has 0 aliphatic heterocycles. The molecule has 0 atom stereocenters. The van der Waals surface area contributed by atoms with Gasteiger partial charge in [0, 0.05) is 16.9 Å². The molecule has 1 nitrogen and oxygen atoms in total. The van der Waals surface area contributed by atoms with Crippen molar-refractivity contribution in [1.82, 2.24) is 0 Å². The van der Waals surface area contributed by atoms with Crippen molar-refractivity contribution < 1.29 is 0 Å². The largest absolute Gasteiger partial charge is 0.310 e. The lowest BCUT2D eigenvalue weighted by molar-refractivity contribution is 0.793. The summed E-state index contributed by atoms with van der Waals surface area (Å²) >= 11 is 0. The Morgan fingerprint density at radius 2 is 0.551 bits per heavy atom. The Morgan fingerprint density at radius 3 is 1.03 bits per heavy atom. The molecule has 2 spiro atoms. The number of anilines is 3. The fourth-order valence-corrected chi connectivity index (χ4v) is 13.3. The van der Waals surface area contributed by atoms with E-state index in [2.05, 4.69) is 266 Å². The third kappa shape index (κ3) is 5.04. The van der Waals surface area contributed by atoms with Crippen molar-refractivity contribution in [2.45, 2.75) is 10.8 Å². The van der Waals surface area contributed by atoms with Crippen molar-refractivity contribution >= 4 is 17.1 Å². The van der Waals surface area contributed by atoms with Crippen LogP contribution in [-0.2, 0) is 10.8 Å². The summed E-state index contributed by atoms with van der Waals surface area (Å²) in [5.41, 5.74) is 28.6. The SMILES string of the molecule is c1ccc(-c2ccc(N(c3ccc(-c4ccc5c(c4)-c4ccccc4C54c5ccccc5-c5ccccc54)cc3)c3cccc4c3C3(c5ccccc5-c5ccccc53)c3ccccc3-4)cc2)cc1. The second kappa shape index (κ2) is 14.4. The molecule has 0 bridgehead atoms. The summed E-state index contributed by atoms with van der Waals surface area (Å²) in [6, 6.07) is 97.8. The second-order valence-electron chi connectivity index (χ2n) is 19.0. The minimum absolute atomic E-state index is 0.356. The van der Waals surface area contributed by atoms with Gasteiger partial charge in [-0.2, -0.15) is 0 Å². The molecule has 0 aromatic heterocycles. The van der Waals surface area contributed by atoms with Gasteiger partial charge in [0.05, 0.1) is 16.5 Å². The molecule has 0 radical (unpaired) electrons. The van der Waals surface area contributed by atoms with E-state index in [-0.39, 0.29) is 5.41 Å². The van der Waals surface area contributed by atoms with Crippen LogP contribution in [0.25, 0.3) is 66.8 Å². The molecule has 15 rings (SSSR count). The van der Waals surface area contributed by atoms with E-state index in [4.69, 9.17) is 0 Å². The third-order valence-electron chi connectivity index (χ3n) is 15.9. The van der Waals surface area contributed by atoms with E-state index in [9.17, 15) is 0 Å². The zero-order chi connectivity index (χ0) is 45.3. The molecule has 11 aromatic rings. The third-order valence-corrected chi connectivity index (χ3v) is 15.9. The maximum atomic E-state index is 2.51. The fraction of sp³-hybridized carbons (Fsp3) is 0.0294. The number of rotatable bonds is 5. The lowest BCUT2D eigenvalue weighted by atomic mass is 9.70. The smallest absolute Gasteiger partial charge is 0.0746 e. The van der Waals surface area contributed by atoms with Gasteiger partial charge in [-0.1, -0.05) is 224 Å². The van der Waals surface area contributed by atoms with Crippen molar-refractivity contribution in [1.29, 1.82) is 0 Å². The van der Waals surface area contributed by atoms with Crippen molar-refractivity contribution in [3.05, 3.63) is 305 Å².